The van der Waals surface area contributed by atoms with Crippen molar-refractivity contribution >= 4 is 22.4 Å². The number of sulfonamides is 1. The van der Waals surface area contributed by atoms with Gasteiger partial charge in [-0.15, -0.1) is 0 Å². The molecular weight excluding hydrogens is 214 g/mol. The minimum Gasteiger partial charge on any atom is -0.289 e. The molecule has 0 saturated carbocycles. The molecule has 0 atom stereocenters. The van der Waals surface area contributed by atoms with Crippen molar-refractivity contribution < 1.29 is 13.2 Å². The van der Waals surface area contributed by atoms with Crippen LogP contribution in [0.4, 0.5) is 0 Å². The Morgan fingerprint density at radius 1 is 1.27 bits per heavy atom. The standard InChI is InChI=1S/C10H10NO3S/c12-8-7-11-15(13,14)9-6-10-4-2-1-3-5-10/h1-6,9,11H,7H2. The first-order valence-electron chi connectivity index (χ1n) is 4.22. The summed E-state index contributed by atoms with van der Waals surface area (Å²) in [6, 6.07) is 9.00. The highest BCUT2D eigenvalue weighted by Gasteiger charge is 2.02. The van der Waals surface area contributed by atoms with Crippen LogP contribution in [0.1, 0.15) is 5.56 Å². The zero-order valence-corrected chi connectivity index (χ0v) is 8.70. The number of benzene rings is 1. The summed E-state index contributed by atoms with van der Waals surface area (Å²) < 4.78 is 24.4. The van der Waals surface area contributed by atoms with Crippen molar-refractivity contribution in [2.45, 2.75) is 0 Å². The van der Waals surface area contributed by atoms with Crippen molar-refractivity contribution in [1.82, 2.24) is 4.72 Å². The van der Waals surface area contributed by atoms with Gasteiger partial charge in [0.05, 0.1) is 6.54 Å². The lowest BCUT2D eigenvalue weighted by Crippen LogP contribution is -2.22. The van der Waals surface area contributed by atoms with E-state index in [4.69, 9.17) is 0 Å². The lowest BCUT2D eigenvalue weighted by atomic mass is 10.2. The topological polar surface area (TPSA) is 63.2 Å². The maximum Gasteiger partial charge on any atom is 0.234 e. The van der Waals surface area contributed by atoms with Crippen LogP contribution in [0.15, 0.2) is 35.7 Å². The molecule has 0 unspecified atom stereocenters. The Morgan fingerprint density at radius 2 is 1.93 bits per heavy atom. The Kier molecular flexibility index (Phi) is 4.20. The summed E-state index contributed by atoms with van der Waals surface area (Å²) in [5.41, 5.74) is 0.776. The van der Waals surface area contributed by atoms with Crippen LogP contribution in [-0.2, 0) is 14.8 Å². The molecule has 5 heteroatoms. The van der Waals surface area contributed by atoms with Crippen molar-refractivity contribution in [2.24, 2.45) is 0 Å². The lowest BCUT2D eigenvalue weighted by Gasteiger charge is -1.96. The third kappa shape index (κ3) is 4.53. The van der Waals surface area contributed by atoms with E-state index in [2.05, 4.69) is 0 Å². The van der Waals surface area contributed by atoms with Gasteiger partial charge in [-0.05, 0) is 11.6 Å². The maximum absolute atomic E-state index is 11.2. The molecule has 4 nitrogen and oxygen atoms in total. The minimum atomic E-state index is -3.53. The van der Waals surface area contributed by atoms with Gasteiger partial charge in [0.1, 0.15) is 0 Å². The van der Waals surface area contributed by atoms with Crippen molar-refractivity contribution in [3.05, 3.63) is 41.3 Å². The molecule has 15 heavy (non-hydrogen) atoms. The fraction of sp³-hybridized carbons (Fsp3) is 0.100. The Hall–Kier alpha value is -1.46. The number of carbonyl (C=O) groups excluding carboxylic acids is 1. The average Bonchev–Trinajstić information content (AvgIpc) is 2.25. The second-order valence-corrected chi connectivity index (χ2v) is 4.37. The third-order valence-electron chi connectivity index (χ3n) is 1.58. The highest BCUT2D eigenvalue weighted by atomic mass is 32.2. The van der Waals surface area contributed by atoms with Crippen LogP contribution in [0.2, 0.25) is 0 Å². The van der Waals surface area contributed by atoms with Crippen LogP contribution in [0.3, 0.4) is 0 Å². The van der Waals surface area contributed by atoms with Crippen molar-refractivity contribution in [3.8, 4) is 0 Å². The van der Waals surface area contributed by atoms with Gasteiger partial charge in [-0.3, -0.25) is 4.79 Å². The molecule has 0 aromatic heterocycles. The highest BCUT2D eigenvalue weighted by molar-refractivity contribution is 7.92. The smallest absolute Gasteiger partial charge is 0.234 e. The largest absolute Gasteiger partial charge is 0.289 e. The first kappa shape index (κ1) is 11.6. The second kappa shape index (κ2) is 5.43. The predicted molar refractivity (Wildman–Crippen MR) is 58.1 cm³/mol. The van der Waals surface area contributed by atoms with Gasteiger partial charge in [-0.25, -0.2) is 13.1 Å². The molecule has 0 bridgehead atoms. The fourth-order valence-corrected chi connectivity index (χ4v) is 1.60. The van der Waals surface area contributed by atoms with Gasteiger partial charge >= 0.3 is 0 Å². The minimum absolute atomic E-state index is 0.332. The molecule has 0 amide bonds. The van der Waals surface area contributed by atoms with E-state index in [-0.39, 0.29) is 6.54 Å². The zero-order chi connectivity index (χ0) is 11.1. The first-order chi connectivity index (χ1) is 7.14. The van der Waals surface area contributed by atoms with Crippen LogP contribution < -0.4 is 4.72 Å². The summed E-state index contributed by atoms with van der Waals surface area (Å²) in [5.74, 6) is 0. The van der Waals surface area contributed by atoms with Gasteiger partial charge in [0.15, 0.2) is 0 Å². The normalized spacial score (nSPS) is 11.7. The van der Waals surface area contributed by atoms with E-state index in [1.54, 1.807) is 24.3 Å². The van der Waals surface area contributed by atoms with Crippen LogP contribution in [-0.4, -0.2) is 21.2 Å². The third-order valence-corrected chi connectivity index (χ3v) is 2.63. The maximum atomic E-state index is 11.2. The van der Waals surface area contributed by atoms with E-state index in [0.29, 0.717) is 0 Å². The highest BCUT2D eigenvalue weighted by Crippen LogP contribution is 2.02. The monoisotopic (exact) mass is 224 g/mol. The second-order valence-electron chi connectivity index (χ2n) is 2.72. The van der Waals surface area contributed by atoms with Crippen molar-refractivity contribution in [1.29, 1.82) is 0 Å². The van der Waals surface area contributed by atoms with Gasteiger partial charge in [0.2, 0.25) is 16.3 Å². The summed E-state index contributed by atoms with van der Waals surface area (Å²) in [7, 11) is -3.53. The van der Waals surface area contributed by atoms with E-state index >= 15 is 0 Å². The van der Waals surface area contributed by atoms with E-state index in [1.807, 2.05) is 10.8 Å². The van der Waals surface area contributed by atoms with Crippen LogP contribution in [0, 0.1) is 0 Å². The number of rotatable bonds is 5. The Labute approximate surface area is 88.7 Å². The molecule has 0 aliphatic carbocycles. The molecule has 79 valence electrons. The SMILES string of the molecule is O=[C]CNS(=O)(=O)C=Cc1ccccc1. The summed E-state index contributed by atoms with van der Waals surface area (Å²) in [5, 5.41) is 1.01. The molecule has 0 aliphatic rings. The number of hydrogen-bond donors (Lipinski definition) is 1. The Morgan fingerprint density at radius 3 is 2.53 bits per heavy atom. The molecule has 1 rings (SSSR count). The van der Waals surface area contributed by atoms with Gasteiger partial charge < -0.3 is 0 Å². The molecule has 0 fully saturated rings. The molecule has 0 saturated heterocycles. The predicted octanol–water partition coefficient (Wildman–Crippen LogP) is 0.686. The molecular formula is C10H10NO3S. The van der Waals surface area contributed by atoms with Crippen molar-refractivity contribution in [3.63, 3.8) is 0 Å². The van der Waals surface area contributed by atoms with Gasteiger partial charge in [0.25, 0.3) is 0 Å². The molecule has 0 heterocycles. The fourth-order valence-electron chi connectivity index (χ4n) is 0.910. The van der Waals surface area contributed by atoms with E-state index in [0.717, 1.165) is 11.0 Å². The molecule has 1 radical (unpaired) electrons. The summed E-state index contributed by atoms with van der Waals surface area (Å²) in [4.78, 5) is 9.85. The van der Waals surface area contributed by atoms with Gasteiger partial charge in [-0.1, -0.05) is 30.3 Å². The molecule has 1 N–H and O–H groups in total. The van der Waals surface area contributed by atoms with Crippen LogP contribution in [0.25, 0.3) is 6.08 Å². The van der Waals surface area contributed by atoms with E-state index in [1.165, 1.54) is 12.4 Å². The summed E-state index contributed by atoms with van der Waals surface area (Å²) in [6.45, 7) is -0.332. The molecule has 1 aromatic rings. The number of nitrogens with one attached hydrogen (secondary N) is 1. The quantitative estimate of drug-likeness (QED) is 0.800. The van der Waals surface area contributed by atoms with Crippen LogP contribution >= 0.6 is 0 Å². The Bertz CT molecular complexity index is 437. The van der Waals surface area contributed by atoms with E-state index < -0.39 is 10.0 Å². The lowest BCUT2D eigenvalue weighted by molar-refractivity contribution is 0.551. The van der Waals surface area contributed by atoms with E-state index in [9.17, 15) is 13.2 Å². The van der Waals surface area contributed by atoms with Gasteiger partial charge in [0, 0.05) is 5.41 Å². The van der Waals surface area contributed by atoms with Crippen molar-refractivity contribution in [2.75, 3.05) is 6.54 Å². The number of hydrogen-bond acceptors (Lipinski definition) is 3. The molecule has 0 spiro atoms. The van der Waals surface area contributed by atoms with Crippen LogP contribution in [0.5, 0.6) is 0 Å². The molecule has 1 aromatic carbocycles. The molecule has 0 aliphatic heterocycles. The summed E-state index contributed by atoms with van der Waals surface area (Å²) in [6.07, 6.45) is 2.90. The average molecular weight is 224 g/mol. The summed E-state index contributed by atoms with van der Waals surface area (Å²) >= 11 is 0. The zero-order valence-electron chi connectivity index (χ0n) is 7.88. The Balaban J connectivity index is 2.69. The first-order valence-corrected chi connectivity index (χ1v) is 5.76. The van der Waals surface area contributed by atoms with Gasteiger partial charge in [-0.2, -0.15) is 0 Å².